The minimum absolute atomic E-state index is 0.832. The first-order valence-corrected chi connectivity index (χ1v) is 6.71. The molecular formula is C15H13NO2S. The summed E-state index contributed by atoms with van der Waals surface area (Å²) in [5.74, 6) is 1.69. The maximum Gasteiger partial charge on any atom is 0.124 e. The first-order chi connectivity index (χ1) is 9.30. The van der Waals surface area contributed by atoms with Gasteiger partial charge in [-0.25, -0.2) is 4.98 Å². The van der Waals surface area contributed by atoms with Crippen molar-refractivity contribution in [1.82, 2.24) is 4.98 Å². The molecule has 3 nitrogen and oxygen atoms in total. The molecule has 1 heterocycles. The largest absolute Gasteiger partial charge is 0.497 e. The molecule has 0 spiro atoms. The fourth-order valence-electron chi connectivity index (χ4n) is 1.89. The topological polar surface area (TPSA) is 31.4 Å². The van der Waals surface area contributed by atoms with Crippen LogP contribution in [0.25, 0.3) is 20.8 Å². The molecule has 0 aliphatic carbocycles. The van der Waals surface area contributed by atoms with E-state index in [-0.39, 0.29) is 0 Å². The number of rotatable bonds is 3. The van der Waals surface area contributed by atoms with Gasteiger partial charge in [0.1, 0.15) is 16.5 Å². The number of hydrogen-bond acceptors (Lipinski definition) is 4. The van der Waals surface area contributed by atoms with Crippen LogP contribution in [-0.2, 0) is 0 Å². The van der Waals surface area contributed by atoms with Crippen LogP contribution in [0.2, 0.25) is 0 Å². The molecule has 0 aliphatic rings. The van der Waals surface area contributed by atoms with E-state index in [9.17, 15) is 0 Å². The highest BCUT2D eigenvalue weighted by Crippen LogP contribution is 2.32. The van der Waals surface area contributed by atoms with Crippen LogP contribution >= 0.6 is 11.3 Å². The van der Waals surface area contributed by atoms with Gasteiger partial charge in [-0.1, -0.05) is 0 Å². The summed E-state index contributed by atoms with van der Waals surface area (Å²) in [5.41, 5.74) is 2.07. The van der Waals surface area contributed by atoms with E-state index in [1.54, 1.807) is 25.6 Å². The molecule has 0 atom stereocenters. The molecule has 96 valence electrons. The van der Waals surface area contributed by atoms with Crippen molar-refractivity contribution in [3.8, 4) is 22.1 Å². The van der Waals surface area contributed by atoms with Gasteiger partial charge in [-0.3, -0.25) is 0 Å². The normalized spacial score (nSPS) is 10.6. The summed E-state index contributed by atoms with van der Waals surface area (Å²) < 4.78 is 11.5. The average Bonchev–Trinajstić information content (AvgIpc) is 2.90. The molecule has 19 heavy (non-hydrogen) atoms. The summed E-state index contributed by atoms with van der Waals surface area (Å²) in [6.07, 6.45) is 0. The number of fused-ring (bicyclic) bond motifs is 1. The van der Waals surface area contributed by atoms with Gasteiger partial charge >= 0.3 is 0 Å². The van der Waals surface area contributed by atoms with Crippen molar-refractivity contribution in [3.05, 3.63) is 42.5 Å². The Morgan fingerprint density at radius 3 is 2.26 bits per heavy atom. The van der Waals surface area contributed by atoms with E-state index in [4.69, 9.17) is 9.47 Å². The second-order valence-corrected chi connectivity index (χ2v) is 5.11. The highest BCUT2D eigenvalue weighted by molar-refractivity contribution is 7.21. The monoisotopic (exact) mass is 271 g/mol. The van der Waals surface area contributed by atoms with E-state index < -0.39 is 0 Å². The number of hydrogen-bond donors (Lipinski definition) is 0. The second-order valence-electron chi connectivity index (χ2n) is 4.08. The molecule has 1 aromatic heterocycles. The van der Waals surface area contributed by atoms with E-state index in [1.165, 1.54) is 0 Å². The number of benzene rings is 2. The smallest absolute Gasteiger partial charge is 0.124 e. The summed E-state index contributed by atoms with van der Waals surface area (Å²) in [5, 5.41) is 1.01. The van der Waals surface area contributed by atoms with Crippen LogP contribution in [0.3, 0.4) is 0 Å². The van der Waals surface area contributed by atoms with Crippen molar-refractivity contribution < 1.29 is 9.47 Å². The quantitative estimate of drug-likeness (QED) is 0.722. The van der Waals surface area contributed by atoms with E-state index >= 15 is 0 Å². The van der Waals surface area contributed by atoms with Crippen LogP contribution in [0.1, 0.15) is 0 Å². The van der Waals surface area contributed by atoms with Gasteiger partial charge in [0.15, 0.2) is 0 Å². The number of thiazole rings is 1. The molecule has 0 amide bonds. The Balaban J connectivity index is 2.04. The second kappa shape index (κ2) is 4.90. The third kappa shape index (κ3) is 2.27. The molecule has 0 fully saturated rings. The van der Waals surface area contributed by atoms with Crippen LogP contribution in [0, 0.1) is 0 Å². The minimum atomic E-state index is 0.832. The van der Waals surface area contributed by atoms with Gasteiger partial charge in [0.2, 0.25) is 0 Å². The van der Waals surface area contributed by atoms with Crippen molar-refractivity contribution in [2.24, 2.45) is 0 Å². The van der Waals surface area contributed by atoms with E-state index in [0.717, 1.165) is 32.3 Å². The zero-order valence-corrected chi connectivity index (χ0v) is 11.5. The molecule has 4 heteroatoms. The highest BCUT2D eigenvalue weighted by Gasteiger charge is 2.07. The molecule has 0 bridgehead atoms. The molecular weight excluding hydrogens is 258 g/mol. The predicted molar refractivity (Wildman–Crippen MR) is 78.2 cm³/mol. The highest BCUT2D eigenvalue weighted by atomic mass is 32.1. The fourth-order valence-corrected chi connectivity index (χ4v) is 2.84. The lowest BCUT2D eigenvalue weighted by Crippen LogP contribution is -1.82. The number of methoxy groups -OCH3 is 2. The summed E-state index contributed by atoms with van der Waals surface area (Å²) in [7, 11) is 3.33. The van der Waals surface area contributed by atoms with Gasteiger partial charge in [-0.2, -0.15) is 0 Å². The van der Waals surface area contributed by atoms with Gasteiger partial charge in [0, 0.05) is 11.6 Å². The fraction of sp³-hybridized carbons (Fsp3) is 0.133. The van der Waals surface area contributed by atoms with Gasteiger partial charge in [-0.15, -0.1) is 11.3 Å². The molecule has 2 aromatic carbocycles. The van der Waals surface area contributed by atoms with Crippen LogP contribution in [0.4, 0.5) is 0 Å². The third-order valence-electron chi connectivity index (χ3n) is 2.93. The summed E-state index contributed by atoms with van der Waals surface area (Å²) in [6, 6.07) is 13.9. The lowest BCUT2D eigenvalue weighted by molar-refractivity contribution is 0.415. The zero-order valence-electron chi connectivity index (χ0n) is 10.7. The molecule has 0 aliphatic heterocycles. The maximum absolute atomic E-state index is 5.22. The number of aromatic nitrogens is 1. The molecule has 3 aromatic rings. The van der Waals surface area contributed by atoms with Crippen molar-refractivity contribution in [2.75, 3.05) is 14.2 Å². The van der Waals surface area contributed by atoms with Crippen molar-refractivity contribution in [2.45, 2.75) is 0 Å². The lowest BCUT2D eigenvalue weighted by Gasteiger charge is -1.99. The van der Waals surface area contributed by atoms with E-state index in [0.29, 0.717) is 0 Å². The SMILES string of the molecule is COc1ccc(-c2nc3cc(OC)ccc3s2)cc1. The molecule has 0 saturated carbocycles. The van der Waals surface area contributed by atoms with E-state index in [1.807, 2.05) is 42.5 Å². The Kier molecular flexibility index (Phi) is 3.09. The standard InChI is InChI=1S/C15H13NO2S/c1-17-11-5-3-10(4-6-11)15-16-13-9-12(18-2)7-8-14(13)19-15/h3-9H,1-2H3. The van der Waals surface area contributed by atoms with Crippen molar-refractivity contribution in [3.63, 3.8) is 0 Å². The van der Waals surface area contributed by atoms with Crippen LogP contribution in [0.15, 0.2) is 42.5 Å². The molecule has 0 N–H and O–H groups in total. The lowest BCUT2D eigenvalue weighted by atomic mass is 10.2. The summed E-state index contributed by atoms with van der Waals surface area (Å²) in [4.78, 5) is 4.64. The molecule has 0 saturated heterocycles. The zero-order chi connectivity index (χ0) is 13.2. The Morgan fingerprint density at radius 1 is 0.895 bits per heavy atom. The van der Waals surface area contributed by atoms with Gasteiger partial charge in [-0.05, 0) is 36.4 Å². The predicted octanol–water partition coefficient (Wildman–Crippen LogP) is 3.98. The van der Waals surface area contributed by atoms with Gasteiger partial charge in [0.05, 0.1) is 24.4 Å². The maximum atomic E-state index is 5.22. The molecule has 0 unspecified atom stereocenters. The first kappa shape index (κ1) is 12.0. The number of nitrogens with zero attached hydrogens (tertiary/aromatic N) is 1. The third-order valence-corrected chi connectivity index (χ3v) is 4.02. The van der Waals surface area contributed by atoms with Crippen molar-refractivity contribution in [1.29, 1.82) is 0 Å². The Hall–Kier alpha value is -2.07. The minimum Gasteiger partial charge on any atom is -0.497 e. The Morgan fingerprint density at radius 2 is 1.58 bits per heavy atom. The molecule has 0 radical (unpaired) electrons. The van der Waals surface area contributed by atoms with Gasteiger partial charge in [0.25, 0.3) is 0 Å². The van der Waals surface area contributed by atoms with Crippen LogP contribution in [-0.4, -0.2) is 19.2 Å². The Labute approximate surface area is 115 Å². The van der Waals surface area contributed by atoms with Crippen LogP contribution < -0.4 is 9.47 Å². The average molecular weight is 271 g/mol. The summed E-state index contributed by atoms with van der Waals surface area (Å²) >= 11 is 1.68. The van der Waals surface area contributed by atoms with Crippen molar-refractivity contribution >= 4 is 21.6 Å². The Bertz CT molecular complexity index is 704. The number of ether oxygens (including phenoxy) is 2. The molecule has 3 rings (SSSR count). The van der Waals surface area contributed by atoms with Gasteiger partial charge < -0.3 is 9.47 Å². The first-order valence-electron chi connectivity index (χ1n) is 5.89. The van der Waals surface area contributed by atoms with Crippen LogP contribution in [0.5, 0.6) is 11.5 Å². The van der Waals surface area contributed by atoms with E-state index in [2.05, 4.69) is 4.98 Å². The summed E-state index contributed by atoms with van der Waals surface area (Å²) in [6.45, 7) is 0.